The second-order valence-electron chi connectivity index (χ2n) is 8.54. The largest absolute Gasteiger partial charge is 0.352 e. The lowest BCUT2D eigenvalue weighted by Crippen LogP contribution is -2.52. The molecule has 1 atom stereocenters. The maximum absolute atomic E-state index is 13.5. The first-order valence-electron chi connectivity index (χ1n) is 11.1. The van der Waals surface area contributed by atoms with E-state index in [1.165, 1.54) is 23.1 Å². The summed E-state index contributed by atoms with van der Waals surface area (Å²) in [5, 5.41) is 3.45. The Balaban J connectivity index is 1.89. The van der Waals surface area contributed by atoms with E-state index in [-0.39, 0.29) is 34.2 Å². The minimum Gasteiger partial charge on any atom is -0.352 e. The van der Waals surface area contributed by atoms with Gasteiger partial charge in [0, 0.05) is 17.6 Å². The van der Waals surface area contributed by atoms with Crippen LogP contribution < -0.4 is 9.62 Å². The summed E-state index contributed by atoms with van der Waals surface area (Å²) >= 11 is 12.3. The molecule has 2 aromatic rings. The number of benzene rings is 2. The molecule has 2 amide bonds. The van der Waals surface area contributed by atoms with Crippen molar-refractivity contribution < 1.29 is 18.0 Å². The van der Waals surface area contributed by atoms with Gasteiger partial charge in [0.15, 0.2) is 0 Å². The fourth-order valence-corrected chi connectivity index (χ4v) is 5.32. The summed E-state index contributed by atoms with van der Waals surface area (Å²) in [6, 6.07) is 13.0. The average Bonchev–Trinajstić information content (AvgIpc) is 3.30. The van der Waals surface area contributed by atoms with Crippen LogP contribution in [0.4, 0.5) is 5.69 Å². The van der Waals surface area contributed by atoms with Gasteiger partial charge in [-0.2, -0.15) is 0 Å². The molecule has 7 nitrogen and oxygen atoms in total. The van der Waals surface area contributed by atoms with Crippen LogP contribution in [-0.4, -0.2) is 50.0 Å². The fourth-order valence-electron chi connectivity index (χ4n) is 4.03. The van der Waals surface area contributed by atoms with Gasteiger partial charge in [-0.1, -0.05) is 66.4 Å². The molecule has 0 aliphatic heterocycles. The van der Waals surface area contributed by atoms with Crippen molar-refractivity contribution in [3.05, 3.63) is 64.1 Å². The van der Waals surface area contributed by atoms with Crippen molar-refractivity contribution in [3.63, 3.8) is 0 Å². The van der Waals surface area contributed by atoms with Gasteiger partial charge < -0.3 is 10.2 Å². The lowest BCUT2D eigenvalue weighted by Gasteiger charge is -2.32. The zero-order valence-corrected chi connectivity index (χ0v) is 21.5. The smallest absolute Gasteiger partial charge is 0.244 e. The molecule has 1 aliphatic carbocycles. The Morgan fingerprint density at radius 3 is 2.35 bits per heavy atom. The average molecular weight is 526 g/mol. The minimum absolute atomic E-state index is 0.0985. The van der Waals surface area contributed by atoms with E-state index in [1.807, 2.05) is 30.3 Å². The van der Waals surface area contributed by atoms with Crippen molar-refractivity contribution in [1.29, 1.82) is 0 Å². The Hall–Kier alpha value is -2.29. The van der Waals surface area contributed by atoms with E-state index < -0.39 is 28.5 Å². The third-order valence-electron chi connectivity index (χ3n) is 5.92. The number of amides is 2. The first kappa shape index (κ1) is 26.3. The number of hydrogen-bond donors (Lipinski definition) is 1. The molecule has 0 radical (unpaired) electrons. The first-order chi connectivity index (χ1) is 16.1. The highest BCUT2D eigenvalue weighted by atomic mass is 35.5. The summed E-state index contributed by atoms with van der Waals surface area (Å²) in [5.74, 6) is -0.790. The van der Waals surface area contributed by atoms with Gasteiger partial charge in [0.2, 0.25) is 21.8 Å². The van der Waals surface area contributed by atoms with Gasteiger partial charge in [-0.15, -0.1) is 0 Å². The number of carbonyl (C=O) groups is 2. The molecule has 1 saturated carbocycles. The maximum atomic E-state index is 13.5. The number of nitrogens with one attached hydrogen (secondary N) is 1. The number of sulfonamides is 1. The Morgan fingerprint density at radius 1 is 1.09 bits per heavy atom. The van der Waals surface area contributed by atoms with Gasteiger partial charge in [0.05, 0.1) is 17.0 Å². The number of halogens is 2. The van der Waals surface area contributed by atoms with Crippen molar-refractivity contribution in [3.8, 4) is 0 Å². The van der Waals surface area contributed by atoms with E-state index in [1.54, 1.807) is 6.92 Å². The summed E-state index contributed by atoms with van der Waals surface area (Å²) in [5.41, 5.74) is 0.927. The summed E-state index contributed by atoms with van der Waals surface area (Å²) in [6.45, 7) is 1.29. The lowest BCUT2D eigenvalue weighted by atomic mass is 10.1. The Morgan fingerprint density at radius 2 is 1.74 bits per heavy atom. The molecular formula is C24H29Cl2N3O4S. The zero-order valence-electron chi connectivity index (χ0n) is 19.2. The van der Waals surface area contributed by atoms with Crippen molar-refractivity contribution in [2.24, 2.45) is 0 Å². The molecule has 0 heterocycles. The number of anilines is 1. The standard InChI is InChI=1S/C24H29Cl2N3O4S/c1-17(24(31)27-20-10-6-7-11-20)28(15-18-8-4-3-5-9-18)23(30)16-29(34(2,32)33)22-14-19(25)12-13-21(22)26/h3-5,8-9,12-14,17,20H,6-7,10-11,15-16H2,1-2H3,(H,27,31). The molecular weight excluding hydrogens is 497 g/mol. The third-order valence-corrected chi connectivity index (χ3v) is 7.60. The molecule has 1 N–H and O–H groups in total. The van der Waals surface area contributed by atoms with Crippen molar-refractivity contribution in [2.75, 3.05) is 17.1 Å². The van der Waals surface area contributed by atoms with Gasteiger partial charge >= 0.3 is 0 Å². The number of rotatable bonds is 9. The van der Waals surface area contributed by atoms with E-state index in [4.69, 9.17) is 23.2 Å². The highest BCUT2D eigenvalue weighted by Crippen LogP contribution is 2.31. The Bertz CT molecular complexity index is 1120. The molecule has 0 bridgehead atoms. The van der Waals surface area contributed by atoms with Crippen LogP contribution in [0.5, 0.6) is 0 Å². The van der Waals surface area contributed by atoms with Crippen molar-refractivity contribution >= 4 is 50.7 Å². The van der Waals surface area contributed by atoms with Crippen LogP contribution in [0, 0.1) is 0 Å². The lowest BCUT2D eigenvalue weighted by molar-refractivity contribution is -0.139. The topological polar surface area (TPSA) is 86.8 Å². The molecule has 0 aromatic heterocycles. The second-order valence-corrected chi connectivity index (χ2v) is 11.3. The second kappa shape index (κ2) is 11.4. The zero-order chi connectivity index (χ0) is 24.9. The number of carbonyl (C=O) groups excluding carboxylic acids is 2. The molecule has 34 heavy (non-hydrogen) atoms. The van der Waals surface area contributed by atoms with Crippen LogP contribution in [0.2, 0.25) is 10.0 Å². The summed E-state index contributed by atoms with van der Waals surface area (Å²) in [6.07, 6.45) is 4.96. The fraction of sp³-hybridized carbons (Fsp3) is 0.417. The normalized spacial score (nSPS) is 15.1. The van der Waals surface area contributed by atoms with E-state index in [0.717, 1.165) is 41.8 Å². The predicted octanol–water partition coefficient (Wildman–Crippen LogP) is 4.24. The molecule has 184 valence electrons. The predicted molar refractivity (Wildman–Crippen MR) is 136 cm³/mol. The van der Waals surface area contributed by atoms with E-state index in [9.17, 15) is 18.0 Å². The van der Waals surface area contributed by atoms with Crippen molar-refractivity contribution in [2.45, 2.75) is 51.2 Å². The van der Waals surface area contributed by atoms with Crippen LogP contribution in [0.3, 0.4) is 0 Å². The molecule has 3 rings (SSSR count). The molecule has 0 saturated heterocycles. The van der Waals surface area contributed by atoms with Crippen LogP contribution >= 0.6 is 23.2 Å². The molecule has 1 aliphatic rings. The van der Waals surface area contributed by atoms with Gasteiger partial charge in [-0.3, -0.25) is 13.9 Å². The quantitative estimate of drug-likeness (QED) is 0.530. The summed E-state index contributed by atoms with van der Waals surface area (Å²) in [4.78, 5) is 27.9. The van der Waals surface area contributed by atoms with Crippen LogP contribution in [0.25, 0.3) is 0 Å². The van der Waals surface area contributed by atoms with Gasteiger partial charge in [-0.25, -0.2) is 8.42 Å². The SMILES string of the molecule is CC(C(=O)NC1CCCC1)N(Cc1ccccc1)C(=O)CN(c1cc(Cl)ccc1Cl)S(C)(=O)=O. The minimum atomic E-state index is -3.88. The van der Waals surface area contributed by atoms with Crippen molar-refractivity contribution in [1.82, 2.24) is 10.2 Å². The third kappa shape index (κ3) is 6.87. The Kier molecular flexibility index (Phi) is 8.84. The van der Waals surface area contributed by atoms with Crippen LogP contribution in [-0.2, 0) is 26.2 Å². The highest BCUT2D eigenvalue weighted by Gasteiger charge is 2.32. The molecule has 0 spiro atoms. The van der Waals surface area contributed by atoms with E-state index in [2.05, 4.69) is 5.32 Å². The van der Waals surface area contributed by atoms with Gasteiger partial charge in [0.25, 0.3) is 0 Å². The molecule has 10 heteroatoms. The van der Waals surface area contributed by atoms with Crippen LogP contribution in [0.15, 0.2) is 48.5 Å². The monoisotopic (exact) mass is 525 g/mol. The van der Waals surface area contributed by atoms with Gasteiger partial charge in [0.1, 0.15) is 12.6 Å². The van der Waals surface area contributed by atoms with Gasteiger partial charge in [-0.05, 0) is 43.5 Å². The highest BCUT2D eigenvalue weighted by molar-refractivity contribution is 7.92. The summed E-state index contributed by atoms with van der Waals surface area (Å²) in [7, 11) is -3.88. The van der Waals surface area contributed by atoms with E-state index >= 15 is 0 Å². The number of nitrogens with zero attached hydrogens (tertiary/aromatic N) is 2. The summed E-state index contributed by atoms with van der Waals surface area (Å²) < 4.78 is 26.2. The maximum Gasteiger partial charge on any atom is 0.244 e. The molecule has 2 aromatic carbocycles. The van der Waals surface area contributed by atoms with Crippen LogP contribution in [0.1, 0.15) is 38.2 Å². The Labute approximate surface area is 211 Å². The molecule has 1 unspecified atom stereocenters. The molecule has 1 fully saturated rings. The first-order valence-corrected chi connectivity index (χ1v) is 13.7. The number of hydrogen-bond acceptors (Lipinski definition) is 4. The van der Waals surface area contributed by atoms with E-state index in [0.29, 0.717) is 0 Å².